The van der Waals surface area contributed by atoms with E-state index in [0.29, 0.717) is 17.5 Å². The number of rotatable bonds is 9. The van der Waals surface area contributed by atoms with Crippen molar-refractivity contribution in [2.45, 2.75) is 37.9 Å². The summed E-state index contributed by atoms with van der Waals surface area (Å²) in [5.41, 5.74) is -0.474. The Labute approximate surface area is 170 Å². The quantitative estimate of drug-likeness (QED) is 0.417. The molecule has 0 saturated heterocycles. The van der Waals surface area contributed by atoms with Crippen LogP contribution in [0, 0.1) is 0 Å². The van der Waals surface area contributed by atoms with E-state index in [2.05, 4.69) is 5.09 Å². The van der Waals surface area contributed by atoms with Crippen molar-refractivity contribution in [2.24, 2.45) is 0 Å². The predicted molar refractivity (Wildman–Crippen MR) is 116 cm³/mol. The second kappa shape index (κ2) is 8.91. The predicted octanol–water partition coefficient (Wildman–Crippen LogP) is 5.29. The SMILES string of the molecule is CCCCC(NP(=O)(O)Cc1ccccc1)(C(=O)O)c1ccc2ccccc2c1. The smallest absolute Gasteiger partial charge is 0.329 e. The molecule has 0 radical (unpaired) electrons. The molecule has 5 nitrogen and oxygen atoms in total. The average Bonchev–Trinajstić information content (AvgIpc) is 2.71. The summed E-state index contributed by atoms with van der Waals surface area (Å²) in [6, 6.07) is 22.0. The van der Waals surface area contributed by atoms with Crippen LogP contribution in [0.25, 0.3) is 10.8 Å². The van der Waals surface area contributed by atoms with Crippen LogP contribution >= 0.6 is 7.52 Å². The number of benzene rings is 3. The van der Waals surface area contributed by atoms with Gasteiger partial charge in [0.15, 0.2) is 0 Å². The minimum Gasteiger partial charge on any atom is -0.480 e. The van der Waals surface area contributed by atoms with Gasteiger partial charge in [-0.25, -0.2) is 9.88 Å². The van der Waals surface area contributed by atoms with E-state index < -0.39 is 19.0 Å². The first-order chi connectivity index (χ1) is 13.9. The second-order valence-electron chi connectivity index (χ2n) is 7.33. The van der Waals surface area contributed by atoms with Crippen LogP contribution in [-0.2, 0) is 21.1 Å². The molecule has 29 heavy (non-hydrogen) atoms. The third-order valence-electron chi connectivity index (χ3n) is 5.12. The lowest BCUT2D eigenvalue weighted by molar-refractivity contribution is -0.145. The molecular formula is C23H26NO4P. The molecule has 0 aliphatic rings. The summed E-state index contributed by atoms with van der Waals surface area (Å²) in [4.78, 5) is 23.2. The summed E-state index contributed by atoms with van der Waals surface area (Å²) in [7, 11) is -3.99. The van der Waals surface area contributed by atoms with Crippen molar-refractivity contribution in [3.8, 4) is 0 Å². The van der Waals surface area contributed by atoms with Gasteiger partial charge in [0, 0.05) is 0 Å². The van der Waals surface area contributed by atoms with E-state index in [1.54, 1.807) is 36.4 Å². The fourth-order valence-electron chi connectivity index (χ4n) is 3.61. The summed E-state index contributed by atoms with van der Waals surface area (Å²) in [5.74, 6) is -1.15. The van der Waals surface area contributed by atoms with Gasteiger partial charge in [0.1, 0.15) is 5.54 Å². The lowest BCUT2D eigenvalue weighted by atomic mass is 9.85. The monoisotopic (exact) mass is 411 g/mol. The zero-order chi connectivity index (χ0) is 20.9. The largest absolute Gasteiger partial charge is 0.480 e. The molecule has 3 rings (SSSR count). The number of fused-ring (bicyclic) bond motifs is 1. The standard InChI is InChI=1S/C23H26NO4P/c1-2-3-15-23(22(25)26,21-14-13-19-11-7-8-12-20(19)16-21)24-29(27,28)17-18-9-5-4-6-10-18/h4-14,16H,2-3,15,17H2,1H3,(H,25,26)(H2,24,27,28). The summed E-state index contributed by atoms with van der Waals surface area (Å²) in [5, 5.41) is 14.8. The Balaban J connectivity index is 2.04. The number of unbranched alkanes of at least 4 members (excludes halogenated alkanes) is 1. The maximum atomic E-state index is 13.1. The van der Waals surface area contributed by atoms with Crippen LogP contribution < -0.4 is 5.09 Å². The normalized spacial score (nSPS) is 15.5. The van der Waals surface area contributed by atoms with Gasteiger partial charge in [0.2, 0.25) is 0 Å². The van der Waals surface area contributed by atoms with Crippen molar-refractivity contribution < 1.29 is 19.4 Å². The summed E-state index contributed by atoms with van der Waals surface area (Å²) < 4.78 is 13.1. The second-order valence-corrected chi connectivity index (χ2v) is 9.28. The van der Waals surface area contributed by atoms with Crippen molar-refractivity contribution in [3.63, 3.8) is 0 Å². The Morgan fingerprint density at radius 1 is 1.00 bits per heavy atom. The Morgan fingerprint density at radius 3 is 2.31 bits per heavy atom. The molecule has 3 aromatic rings. The fourth-order valence-corrected chi connectivity index (χ4v) is 5.33. The molecule has 0 aromatic heterocycles. The van der Waals surface area contributed by atoms with E-state index in [1.807, 2.05) is 43.3 Å². The van der Waals surface area contributed by atoms with Crippen LogP contribution in [0.1, 0.15) is 37.3 Å². The van der Waals surface area contributed by atoms with E-state index in [1.165, 1.54) is 0 Å². The topological polar surface area (TPSA) is 86.6 Å². The van der Waals surface area contributed by atoms with Crippen LogP contribution in [0.2, 0.25) is 0 Å². The van der Waals surface area contributed by atoms with Gasteiger partial charge in [-0.15, -0.1) is 0 Å². The molecule has 0 amide bonds. The highest BCUT2D eigenvalue weighted by Crippen LogP contribution is 2.46. The van der Waals surface area contributed by atoms with Gasteiger partial charge >= 0.3 is 5.97 Å². The van der Waals surface area contributed by atoms with Crippen molar-refractivity contribution in [3.05, 3.63) is 83.9 Å². The zero-order valence-electron chi connectivity index (χ0n) is 16.4. The van der Waals surface area contributed by atoms with Crippen molar-refractivity contribution >= 4 is 24.3 Å². The first kappa shape index (κ1) is 21.3. The van der Waals surface area contributed by atoms with Crippen molar-refractivity contribution in [1.82, 2.24) is 5.09 Å². The van der Waals surface area contributed by atoms with E-state index in [0.717, 1.165) is 17.2 Å². The maximum Gasteiger partial charge on any atom is 0.329 e. The number of nitrogens with one attached hydrogen (secondary N) is 1. The molecule has 2 atom stereocenters. The van der Waals surface area contributed by atoms with Gasteiger partial charge in [-0.05, 0) is 34.4 Å². The van der Waals surface area contributed by atoms with E-state index in [9.17, 15) is 19.4 Å². The minimum atomic E-state index is -3.99. The molecule has 0 aliphatic carbocycles. The molecule has 6 heteroatoms. The minimum absolute atomic E-state index is 0.136. The third-order valence-corrected chi connectivity index (χ3v) is 6.64. The van der Waals surface area contributed by atoms with Crippen LogP contribution in [0.5, 0.6) is 0 Å². The molecule has 2 unspecified atom stereocenters. The molecule has 0 saturated carbocycles. The Hall–Kier alpha value is -2.46. The van der Waals surface area contributed by atoms with Crippen LogP contribution in [0.3, 0.4) is 0 Å². The molecule has 3 N–H and O–H groups in total. The highest BCUT2D eigenvalue weighted by molar-refractivity contribution is 7.55. The Bertz CT molecular complexity index is 1040. The highest BCUT2D eigenvalue weighted by Gasteiger charge is 2.44. The van der Waals surface area contributed by atoms with Gasteiger partial charge in [0.05, 0.1) is 6.16 Å². The number of carboxylic acid groups (broad SMARTS) is 1. The summed E-state index contributed by atoms with van der Waals surface area (Å²) >= 11 is 0. The molecule has 0 spiro atoms. The van der Waals surface area contributed by atoms with E-state index >= 15 is 0 Å². The number of carboxylic acids is 1. The van der Waals surface area contributed by atoms with Crippen LogP contribution in [0.15, 0.2) is 72.8 Å². The Morgan fingerprint density at radius 2 is 1.66 bits per heavy atom. The average molecular weight is 411 g/mol. The molecular weight excluding hydrogens is 385 g/mol. The zero-order valence-corrected chi connectivity index (χ0v) is 17.3. The molecule has 0 aliphatic heterocycles. The summed E-state index contributed by atoms with van der Waals surface area (Å²) in [6.07, 6.45) is 1.47. The van der Waals surface area contributed by atoms with Crippen molar-refractivity contribution in [2.75, 3.05) is 0 Å². The van der Waals surface area contributed by atoms with Gasteiger partial charge in [0.25, 0.3) is 7.52 Å². The van der Waals surface area contributed by atoms with Crippen LogP contribution in [-0.4, -0.2) is 16.0 Å². The lowest BCUT2D eigenvalue weighted by Gasteiger charge is -2.33. The first-order valence-corrected chi connectivity index (χ1v) is 11.6. The van der Waals surface area contributed by atoms with Gasteiger partial charge in [-0.1, -0.05) is 86.5 Å². The van der Waals surface area contributed by atoms with Gasteiger partial charge in [-0.3, -0.25) is 4.57 Å². The number of hydrogen-bond donors (Lipinski definition) is 3. The Kier molecular flexibility index (Phi) is 6.53. The molecule has 152 valence electrons. The number of carbonyl (C=O) groups is 1. The van der Waals surface area contributed by atoms with Gasteiger partial charge < -0.3 is 10.00 Å². The molecule has 3 aromatic carbocycles. The summed E-state index contributed by atoms with van der Waals surface area (Å²) in [6.45, 7) is 1.97. The van der Waals surface area contributed by atoms with E-state index in [-0.39, 0.29) is 12.6 Å². The van der Waals surface area contributed by atoms with Crippen LogP contribution in [0.4, 0.5) is 0 Å². The number of aliphatic carboxylic acids is 1. The molecule has 0 fully saturated rings. The van der Waals surface area contributed by atoms with E-state index in [4.69, 9.17) is 0 Å². The van der Waals surface area contributed by atoms with Crippen molar-refractivity contribution in [1.29, 1.82) is 0 Å². The molecule has 0 bridgehead atoms. The fraction of sp³-hybridized carbons (Fsp3) is 0.261. The first-order valence-electron chi connectivity index (χ1n) is 9.74. The van der Waals surface area contributed by atoms with Gasteiger partial charge in [-0.2, -0.15) is 0 Å². The highest BCUT2D eigenvalue weighted by atomic mass is 31.2. The molecule has 0 heterocycles. The third kappa shape index (κ3) is 4.94. The maximum absolute atomic E-state index is 13.1. The lowest BCUT2D eigenvalue weighted by Crippen LogP contribution is -2.47. The number of hydrogen-bond acceptors (Lipinski definition) is 2.